The SMILES string of the molecule is CC1(C)S[C@@H]2[C@H]([C@H](O)C(=O)NCCO)C(=O)N2[C@H]1C(=O)O. The number of β-lactam (4-membered cyclic amide) rings is 1. The topological polar surface area (TPSA) is 127 Å². The van der Waals surface area contributed by atoms with Crippen LogP contribution in [-0.4, -0.2) is 73.4 Å². The largest absolute Gasteiger partial charge is 0.480 e. The van der Waals surface area contributed by atoms with Crippen molar-refractivity contribution in [1.29, 1.82) is 0 Å². The van der Waals surface area contributed by atoms with Crippen LogP contribution in [0.15, 0.2) is 0 Å². The molecule has 118 valence electrons. The Hall–Kier alpha value is -1.32. The van der Waals surface area contributed by atoms with Crippen LogP contribution in [0, 0.1) is 5.92 Å². The summed E-state index contributed by atoms with van der Waals surface area (Å²) in [6, 6.07) is -0.969. The first-order valence-corrected chi connectivity index (χ1v) is 7.39. The molecule has 2 amide bonds. The maximum atomic E-state index is 12.1. The third-order valence-corrected chi connectivity index (χ3v) is 5.33. The van der Waals surface area contributed by atoms with E-state index in [1.807, 2.05) is 0 Å². The van der Waals surface area contributed by atoms with Gasteiger partial charge in [0.1, 0.15) is 18.1 Å². The van der Waals surface area contributed by atoms with Gasteiger partial charge < -0.3 is 25.5 Å². The Bertz CT molecular complexity index is 482. The average molecular weight is 318 g/mol. The average Bonchev–Trinajstić information content (AvgIpc) is 2.64. The van der Waals surface area contributed by atoms with Crippen LogP contribution < -0.4 is 5.32 Å². The van der Waals surface area contributed by atoms with Crippen LogP contribution in [-0.2, 0) is 14.4 Å². The maximum absolute atomic E-state index is 12.1. The Balaban J connectivity index is 2.12. The number of nitrogens with one attached hydrogen (secondary N) is 1. The summed E-state index contributed by atoms with van der Waals surface area (Å²) in [5, 5.41) is 29.6. The Morgan fingerprint density at radius 1 is 1.48 bits per heavy atom. The number of amides is 2. The molecule has 0 bridgehead atoms. The van der Waals surface area contributed by atoms with Crippen LogP contribution in [0.3, 0.4) is 0 Å². The second kappa shape index (κ2) is 5.47. The quantitative estimate of drug-likeness (QED) is 0.441. The van der Waals surface area contributed by atoms with Gasteiger partial charge in [-0.2, -0.15) is 0 Å². The van der Waals surface area contributed by atoms with E-state index in [1.54, 1.807) is 13.8 Å². The monoisotopic (exact) mass is 318 g/mol. The molecule has 0 aliphatic carbocycles. The van der Waals surface area contributed by atoms with Crippen molar-refractivity contribution in [2.75, 3.05) is 13.2 Å². The molecule has 21 heavy (non-hydrogen) atoms. The van der Waals surface area contributed by atoms with Crippen molar-refractivity contribution >= 4 is 29.5 Å². The first-order valence-electron chi connectivity index (χ1n) is 6.52. The number of carboxylic acid groups (broad SMARTS) is 1. The fourth-order valence-corrected chi connectivity index (χ4v) is 4.50. The molecule has 2 fully saturated rings. The van der Waals surface area contributed by atoms with Crippen molar-refractivity contribution in [2.24, 2.45) is 5.92 Å². The van der Waals surface area contributed by atoms with Crippen LogP contribution in [0.1, 0.15) is 13.8 Å². The Kier molecular flexibility index (Phi) is 4.18. The maximum Gasteiger partial charge on any atom is 0.327 e. The van der Waals surface area contributed by atoms with Crippen molar-refractivity contribution in [3.63, 3.8) is 0 Å². The van der Waals surface area contributed by atoms with Gasteiger partial charge in [0.15, 0.2) is 0 Å². The molecule has 4 atom stereocenters. The van der Waals surface area contributed by atoms with Gasteiger partial charge in [-0.1, -0.05) is 0 Å². The van der Waals surface area contributed by atoms with E-state index in [-0.39, 0.29) is 13.2 Å². The van der Waals surface area contributed by atoms with Crippen molar-refractivity contribution in [3.05, 3.63) is 0 Å². The second-order valence-electron chi connectivity index (χ2n) is 5.58. The van der Waals surface area contributed by atoms with Crippen LogP contribution in [0.4, 0.5) is 0 Å². The summed E-state index contributed by atoms with van der Waals surface area (Å²) in [5.74, 6) is -3.31. The summed E-state index contributed by atoms with van der Waals surface area (Å²) in [4.78, 5) is 36.4. The smallest absolute Gasteiger partial charge is 0.327 e. The Morgan fingerprint density at radius 3 is 2.62 bits per heavy atom. The van der Waals surface area contributed by atoms with Gasteiger partial charge >= 0.3 is 5.97 Å². The molecule has 2 rings (SSSR count). The van der Waals surface area contributed by atoms with E-state index < -0.39 is 46.0 Å². The number of aliphatic hydroxyl groups excluding tert-OH is 2. The predicted octanol–water partition coefficient (Wildman–Crippen LogP) is -1.78. The second-order valence-corrected chi connectivity index (χ2v) is 7.35. The zero-order valence-corrected chi connectivity index (χ0v) is 12.5. The van der Waals surface area contributed by atoms with Crippen molar-refractivity contribution in [2.45, 2.75) is 36.1 Å². The van der Waals surface area contributed by atoms with Crippen LogP contribution >= 0.6 is 11.8 Å². The highest BCUT2D eigenvalue weighted by atomic mass is 32.2. The zero-order valence-electron chi connectivity index (χ0n) is 11.6. The summed E-state index contributed by atoms with van der Waals surface area (Å²) in [7, 11) is 0. The standard InChI is InChI=1S/C12H18N2O6S/c1-12(2)7(11(19)20)14-9(18)5(10(14)21-12)6(16)8(17)13-3-4-15/h5-7,10,15-16H,3-4H2,1-2H3,(H,13,17)(H,19,20)/t5-,6+,7+,10-/m1/s1. The van der Waals surface area contributed by atoms with Gasteiger partial charge in [0.25, 0.3) is 0 Å². The van der Waals surface area contributed by atoms with E-state index in [0.717, 1.165) is 0 Å². The number of hydrogen-bond acceptors (Lipinski definition) is 6. The Labute approximate surface area is 125 Å². The minimum Gasteiger partial charge on any atom is -0.480 e. The molecule has 2 saturated heterocycles. The molecule has 0 unspecified atom stereocenters. The fraction of sp³-hybridized carbons (Fsp3) is 0.750. The first-order chi connectivity index (χ1) is 9.72. The Morgan fingerprint density at radius 2 is 2.10 bits per heavy atom. The number of aliphatic hydroxyl groups is 2. The third kappa shape index (κ3) is 2.49. The lowest BCUT2D eigenvalue weighted by atomic mass is 9.87. The molecule has 0 saturated carbocycles. The lowest BCUT2D eigenvalue weighted by Gasteiger charge is -2.44. The molecule has 0 aromatic heterocycles. The lowest BCUT2D eigenvalue weighted by Crippen LogP contribution is -2.67. The molecule has 0 aromatic rings. The molecular formula is C12H18N2O6S. The zero-order chi connectivity index (χ0) is 15.9. The minimum atomic E-state index is -1.54. The molecule has 2 aliphatic heterocycles. The molecule has 4 N–H and O–H groups in total. The molecule has 0 radical (unpaired) electrons. The van der Waals surface area contributed by atoms with Crippen LogP contribution in [0.25, 0.3) is 0 Å². The van der Waals surface area contributed by atoms with Crippen molar-refractivity contribution in [3.8, 4) is 0 Å². The van der Waals surface area contributed by atoms with Crippen molar-refractivity contribution in [1.82, 2.24) is 10.2 Å². The summed E-state index contributed by atoms with van der Waals surface area (Å²) < 4.78 is -0.692. The predicted molar refractivity (Wildman–Crippen MR) is 73.3 cm³/mol. The van der Waals surface area contributed by atoms with E-state index in [0.29, 0.717) is 0 Å². The number of carbonyl (C=O) groups is 3. The number of hydrogen-bond donors (Lipinski definition) is 4. The molecular weight excluding hydrogens is 300 g/mol. The third-order valence-electron chi connectivity index (χ3n) is 3.74. The van der Waals surface area contributed by atoms with Gasteiger partial charge in [0.05, 0.1) is 12.0 Å². The summed E-state index contributed by atoms with van der Waals surface area (Å²) >= 11 is 1.27. The van der Waals surface area contributed by atoms with E-state index in [1.165, 1.54) is 16.7 Å². The number of fused-ring (bicyclic) bond motifs is 1. The lowest BCUT2D eigenvalue weighted by molar-refractivity contribution is -0.171. The van der Waals surface area contributed by atoms with Crippen LogP contribution in [0.5, 0.6) is 0 Å². The molecule has 9 heteroatoms. The van der Waals surface area contributed by atoms with Gasteiger partial charge in [-0.25, -0.2) is 4.79 Å². The van der Waals surface area contributed by atoms with E-state index >= 15 is 0 Å². The van der Waals surface area contributed by atoms with Gasteiger partial charge in [0.2, 0.25) is 11.8 Å². The number of aliphatic carboxylic acids is 1. The van der Waals surface area contributed by atoms with Crippen molar-refractivity contribution < 1.29 is 29.7 Å². The van der Waals surface area contributed by atoms with E-state index in [4.69, 9.17) is 5.11 Å². The molecule has 0 aromatic carbocycles. The van der Waals surface area contributed by atoms with Gasteiger partial charge in [0, 0.05) is 11.3 Å². The van der Waals surface area contributed by atoms with E-state index in [9.17, 15) is 24.6 Å². The molecule has 0 spiro atoms. The van der Waals surface area contributed by atoms with Gasteiger partial charge in [-0.05, 0) is 13.8 Å². The number of carboxylic acids is 1. The van der Waals surface area contributed by atoms with E-state index in [2.05, 4.69) is 5.32 Å². The highest BCUT2D eigenvalue weighted by molar-refractivity contribution is 8.01. The minimum absolute atomic E-state index is 0.0123. The normalized spacial score (nSPS) is 31.3. The summed E-state index contributed by atoms with van der Waals surface area (Å²) in [6.45, 7) is 3.16. The summed E-state index contributed by atoms with van der Waals surface area (Å²) in [6.07, 6.45) is -1.54. The number of nitrogens with zero attached hydrogens (tertiary/aromatic N) is 1. The highest BCUT2D eigenvalue weighted by Crippen LogP contribution is 2.53. The van der Waals surface area contributed by atoms with Gasteiger partial charge in [-0.15, -0.1) is 11.8 Å². The van der Waals surface area contributed by atoms with Gasteiger partial charge in [-0.3, -0.25) is 9.59 Å². The fourth-order valence-electron chi connectivity index (χ4n) is 2.78. The first kappa shape index (κ1) is 16.1. The summed E-state index contributed by atoms with van der Waals surface area (Å²) in [5.41, 5.74) is 0. The number of rotatable bonds is 5. The number of carbonyl (C=O) groups excluding carboxylic acids is 2. The molecule has 8 nitrogen and oxygen atoms in total. The highest BCUT2D eigenvalue weighted by Gasteiger charge is 2.65. The molecule has 2 aliphatic rings. The van der Waals surface area contributed by atoms with Crippen LogP contribution in [0.2, 0.25) is 0 Å². The number of thioether (sulfide) groups is 1. The molecule has 2 heterocycles.